The van der Waals surface area contributed by atoms with Crippen LogP contribution in [0.3, 0.4) is 0 Å². The molecule has 0 aromatic heterocycles. The summed E-state index contributed by atoms with van der Waals surface area (Å²) < 4.78 is 0. The molecular weight excluding hydrogens is 729 g/mol. The van der Waals surface area contributed by atoms with Crippen molar-refractivity contribution in [1.29, 1.82) is 0 Å². The van der Waals surface area contributed by atoms with E-state index in [-0.39, 0.29) is 0 Å². The van der Waals surface area contributed by atoms with Crippen LogP contribution in [0.5, 0.6) is 0 Å². The summed E-state index contributed by atoms with van der Waals surface area (Å²) in [7, 11) is -2.19. The van der Waals surface area contributed by atoms with Gasteiger partial charge < -0.3 is 9.80 Å². The number of hydrogen-bond donors (Lipinski definition) is 0. The standard InChI is InChI=1S/C56H50N2Si/c1-39-35-47(57(43-21-11-7-12-22-43)44-23-13-8-14-24-44)36-40(2)55(39)51-29-19-31-53-49(51)33-34-50-52(30-20-32-54(50)59(53,5)6)56-41(3)37-48(38-42(56)4)58(45-25-15-9-16-26-45)46-27-17-10-18-28-46/h7-38H,1-6H3. The van der Waals surface area contributed by atoms with E-state index >= 15 is 0 Å². The van der Waals surface area contributed by atoms with Crippen LogP contribution in [-0.4, -0.2) is 8.07 Å². The van der Waals surface area contributed by atoms with E-state index in [4.69, 9.17) is 0 Å². The van der Waals surface area contributed by atoms with E-state index in [0.29, 0.717) is 0 Å². The molecule has 0 amide bonds. The van der Waals surface area contributed by atoms with Crippen LogP contribution in [0.2, 0.25) is 13.1 Å². The molecule has 8 aromatic rings. The smallest absolute Gasteiger partial charge is 0.113 e. The highest BCUT2D eigenvalue weighted by molar-refractivity contribution is 7.01. The van der Waals surface area contributed by atoms with Crippen molar-refractivity contribution in [3.05, 3.63) is 215 Å². The molecule has 0 spiro atoms. The Labute approximate surface area is 351 Å². The lowest BCUT2D eigenvalue weighted by Gasteiger charge is -2.30. The summed E-state index contributed by atoms with van der Waals surface area (Å²) in [6.45, 7) is 14.2. The van der Waals surface area contributed by atoms with Crippen LogP contribution in [0.1, 0.15) is 33.4 Å². The summed E-state index contributed by atoms with van der Waals surface area (Å²) in [5.41, 5.74) is 19.9. The third kappa shape index (κ3) is 6.92. The molecule has 0 saturated heterocycles. The van der Waals surface area contributed by atoms with E-state index < -0.39 is 8.07 Å². The average Bonchev–Trinajstić information content (AvgIpc) is 3.36. The maximum Gasteiger partial charge on any atom is 0.113 e. The highest BCUT2D eigenvalue weighted by Gasteiger charge is 2.34. The zero-order chi connectivity index (χ0) is 40.7. The number of rotatable bonds is 8. The molecule has 0 atom stereocenters. The highest BCUT2D eigenvalue weighted by atomic mass is 28.3. The van der Waals surface area contributed by atoms with Gasteiger partial charge in [0.05, 0.1) is 0 Å². The highest BCUT2D eigenvalue weighted by Crippen LogP contribution is 2.42. The molecule has 0 radical (unpaired) electrons. The summed E-state index contributed by atoms with van der Waals surface area (Å²) in [5, 5.41) is 2.95. The van der Waals surface area contributed by atoms with Crippen molar-refractivity contribution in [2.24, 2.45) is 0 Å². The summed E-state index contributed by atoms with van der Waals surface area (Å²) >= 11 is 0. The largest absolute Gasteiger partial charge is 0.310 e. The number of fused-ring (bicyclic) bond motifs is 2. The van der Waals surface area contributed by atoms with Crippen molar-refractivity contribution >= 4 is 64.7 Å². The molecule has 0 unspecified atom stereocenters. The molecule has 59 heavy (non-hydrogen) atoms. The molecule has 0 aliphatic carbocycles. The molecule has 8 aromatic carbocycles. The second-order valence-electron chi connectivity index (χ2n) is 16.4. The molecule has 0 N–H and O–H groups in total. The van der Waals surface area contributed by atoms with Crippen LogP contribution in [0.25, 0.3) is 34.4 Å². The number of para-hydroxylation sites is 4. The third-order valence-electron chi connectivity index (χ3n) is 12.1. The Kier molecular flexibility index (Phi) is 10.0. The van der Waals surface area contributed by atoms with Crippen LogP contribution < -0.4 is 20.2 Å². The fourth-order valence-electron chi connectivity index (χ4n) is 9.52. The van der Waals surface area contributed by atoms with Gasteiger partial charge in [0.2, 0.25) is 0 Å². The monoisotopic (exact) mass is 778 g/mol. The number of nitrogens with zero attached hydrogens (tertiary/aromatic N) is 2. The Morgan fingerprint density at radius 2 is 0.610 bits per heavy atom. The normalized spacial score (nSPS) is 12.6. The van der Waals surface area contributed by atoms with Crippen molar-refractivity contribution in [3.8, 4) is 22.3 Å². The van der Waals surface area contributed by atoms with Crippen LogP contribution in [-0.2, 0) is 0 Å². The van der Waals surface area contributed by atoms with Gasteiger partial charge in [-0.2, -0.15) is 0 Å². The predicted molar refractivity (Wildman–Crippen MR) is 258 cm³/mol. The Morgan fingerprint density at radius 3 is 0.898 bits per heavy atom. The fourth-order valence-corrected chi connectivity index (χ4v) is 12.6. The number of aryl methyl sites for hydroxylation is 4. The first kappa shape index (κ1) is 37.9. The van der Waals surface area contributed by atoms with Gasteiger partial charge in [-0.05, 0) is 166 Å². The maximum atomic E-state index is 2.53. The van der Waals surface area contributed by atoms with Gasteiger partial charge in [0.15, 0.2) is 0 Å². The summed E-state index contributed by atoms with van der Waals surface area (Å²) in [5.74, 6) is 0. The minimum absolute atomic E-state index is 1.15. The summed E-state index contributed by atoms with van der Waals surface area (Å²) in [4.78, 5) is 4.72. The molecule has 2 nitrogen and oxygen atoms in total. The molecule has 9 rings (SSSR count). The Morgan fingerprint density at radius 1 is 0.322 bits per heavy atom. The SMILES string of the molecule is Cc1cc(N(c2ccccc2)c2ccccc2)cc(C)c1-c1cccc2c1C=Cc1c(-c3c(C)cc(N(c4ccccc4)c4ccccc4)cc3C)cccc1[Si]2(C)C. The first-order valence-electron chi connectivity index (χ1n) is 20.7. The molecule has 288 valence electrons. The third-order valence-corrected chi connectivity index (χ3v) is 15.7. The Hall–Kier alpha value is -6.68. The molecule has 1 aliphatic heterocycles. The van der Waals surface area contributed by atoms with Crippen LogP contribution in [0.15, 0.2) is 182 Å². The molecule has 1 heterocycles. The Bertz CT molecular complexity index is 2510. The van der Waals surface area contributed by atoms with Crippen molar-refractivity contribution in [2.75, 3.05) is 9.80 Å². The number of benzene rings is 8. The lowest BCUT2D eigenvalue weighted by atomic mass is 9.89. The number of anilines is 6. The van der Waals surface area contributed by atoms with E-state index in [1.165, 1.54) is 66.0 Å². The van der Waals surface area contributed by atoms with Gasteiger partial charge in [-0.25, -0.2) is 0 Å². The second-order valence-corrected chi connectivity index (χ2v) is 20.7. The lowest BCUT2D eigenvalue weighted by molar-refractivity contribution is 1.25. The molecule has 0 fully saturated rings. The van der Waals surface area contributed by atoms with Gasteiger partial charge in [-0.3, -0.25) is 0 Å². The molecule has 1 aliphatic rings. The van der Waals surface area contributed by atoms with Gasteiger partial charge in [0.1, 0.15) is 8.07 Å². The van der Waals surface area contributed by atoms with E-state index in [1.54, 1.807) is 0 Å². The Balaban J connectivity index is 1.15. The predicted octanol–water partition coefficient (Wildman–Crippen LogP) is 14.5. The van der Waals surface area contributed by atoms with Crippen molar-refractivity contribution in [3.63, 3.8) is 0 Å². The topological polar surface area (TPSA) is 6.48 Å². The molecule has 0 bridgehead atoms. The first-order chi connectivity index (χ1) is 28.7. The van der Waals surface area contributed by atoms with Crippen LogP contribution in [0.4, 0.5) is 34.1 Å². The van der Waals surface area contributed by atoms with Gasteiger partial charge >= 0.3 is 0 Å². The van der Waals surface area contributed by atoms with E-state index in [2.05, 4.69) is 245 Å². The minimum atomic E-state index is -2.19. The van der Waals surface area contributed by atoms with Gasteiger partial charge in [-0.1, -0.05) is 134 Å². The first-order valence-corrected chi connectivity index (χ1v) is 23.7. The average molecular weight is 779 g/mol. The quantitative estimate of drug-likeness (QED) is 0.142. The second kappa shape index (κ2) is 15.6. The minimum Gasteiger partial charge on any atom is -0.310 e. The zero-order valence-electron chi connectivity index (χ0n) is 34.9. The van der Waals surface area contributed by atoms with E-state index in [1.807, 2.05) is 0 Å². The zero-order valence-corrected chi connectivity index (χ0v) is 35.9. The van der Waals surface area contributed by atoms with Crippen molar-refractivity contribution in [1.82, 2.24) is 0 Å². The van der Waals surface area contributed by atoms with E-state index in [0.717, 1.165) is 34.1 Å². The van der Waals surface area contributed by atoms with Gasteiger partial charge in [0, 0.05) is 34.1 Å². The summed E-state index contributed by atoms with van der Waals surface area (Å²) in [6.07, 6.45) is 4.85. The molecule has 3 heteroatoms. The lowest BCUT2D eigenvalue weighted by Crippen LogP contribution is -2.54. The maximum absolute atomic E-state index is 2.53. The number of hydrogen-bond acceptors (Lipinski definition) is 2. The van der Waals surface area contributed by atoms with Crippen molar-refractivity contribution < 1.29 is 0 Å². The summed E-state index contributed by atoms with van der Waals surface area (Å²) in [6, 6.07) is 66.2. The molecule has 0 saturated carbocycles. The van der Waals surface area contributed by atoms with Gasteiger partial charge in [0.25, 0.3) is 0 Å². The molecular formula is C56H50N2Si. The van der Waals surface area contributed by atoms with Gasteiger partial charge in [-0.15, -0.1) is 0 Å². The van der Waals surface area contributed by atoms with Crippen molar-refractivity contribution in [2.45, 2.75) is 40.8 Å². The van der Waals surface area contributed by atoms with Crippen LogP contribution >= 0.6 is 0 Å². The van der Waals surface area contributed by atoms with Crippen LogP contribution in [0, 0.1) is 27.7 Å². The fraction of sp³-hybridized carbons (Fsp3) is 0.107. The van der Waals surface area contributed by atoms with E-state index in [9.17, 15) is 0 Å².